The van der Waals surface area contributed by atoms with Gasteiger partial charge in [0, 0.05) is 12.6 Å². The van der Waals surface area contributed by atoms with Gasteiger partial charge >= 0.3 is 0 Å². The van der Waals surface area contributed by atoms with Crippen LogP contribution in [-0.2, 0) is 11.2 Å². The van der Waals surface area contributed by atoms with Crippen LogP contribution in [0.3, 0.4) is 0 Å². The molecule has 0 saturated carbocycles. The van der Waals surface area contributed by atoms with Gasteiger partial charge < -0.3 is 10.1 Å². The minimum atomic E-state index is 0.480. The first-order valence-corrected chi connectivity index (χ1v) is 8.27. The first-order chi connectivity index (χ1) is 9.88. The van der Waals surface area contributed by atoms with E-state index in [1.807, 2.05) is 0 Å². The second-order valence-electron chi connectivity index (χ2n) is 5.90. The average molecular weight is 275 g/mol. The van der Waals surface area contributed by atoms with Crippen molar-refractivity contribution in [3.8, 4) is 0 Å². The van der Waals surface area contributed by atoms with Gasteiger partial charge in [-0.2, -0.15) is 0 Å². The molecule has 1 fully saturated rings. The number of hydrogen-bond acceptors (Lipinski definition) is 2. The number of nitrogens with one attached hydrogen (secondary N) is 1. The summed E-state index contributed by atoms with van der Waals surface area (Å²) in [6.45, 7) is 4.31. The number of aryl methyl sites for hydroxylation is 1. The van der Waals surface area contributed by atoms with Crippen molar-refractivity contribution in [2.24, 2.45) is 0 Å². The summed E-state index contributed by atoms with van der Waals surface area (Å²) in [5.41, 5.74) is 1.44. The van der Waals surface area contributed by atoms with Gasteiger partial charge in [-0.1, -0.05) is 37.3 Å². The molecule has 0 radical (unpaired) electrons. The Morgan fingerprint density at radius 1 is 1.25 bits per heavy atom. The third kappa shape index (κ3) is 5.64. The van der Waals surface area contributed by atoms with E-state index < -0.39 is 0 Å². The lowest BCUT2D eigenvalue weighted by Gasteiger charge is -2.27. The minimum Gasteiger partial charge on any atom is -0.378 e. The fourth-order valence-electron chi connectivity index (χ4n) is 2.95. The highest BCUT2D eigenvalue weighted by Crippen LogP contribution is 2.19. The van der Waals surface area contributed by atoms with Crippen molar-refractivity contribution >= 4 is 0 Å². The summed E-state index contributed by atoms with van der Waals surface area (Å²) in [7, 11) is 0. The third-order valence-corrected chi connectivity index (χ3v) is 4.13. The highest BCUT2D eigenvalue weighted by atomic mass is 16.5. The van der Waals surface area contributed by atoms with Crippen LogP contribution in [-0.4, -0.2) is 25.3 Å². The molecule has 1 aromatic carbocycles. The maximum Gasteiger partial charge on any atom is 0.0590 e. The van der Waals surface area contributed by atoms with Gasteiger partial charge in [0.15, 0.2) is 0 Å². The lowest BCUT2D eigenvalue weighted by molar-refractivity contribution is 0.00475. The van der Waals surface area contributed by atoms with Gasteiger partial charge in [-0.25, -0.2) is 0 Å². The number of ether oxygens (including phenoxy) is 1. The number of rotatable bonds is 8. The molecule has 0 aromatic heterocycles. The van der Waals surface area contributed by atoms with Crippen LogP contribution in [0.15, 0.2) is 30.3 Å². The van der Waals surface area contributed by atoms with Gasteiger partial charge in [-0.05, 0) is 57.1 Å². The van der Waals surface area contributed by atoms with Crippen molar-refractivity contribution in [1.29, 1.82) is 0 Å². The van der Waals surface area contributed by atoms with Crippen molar-refractivity contribution < 1.29 is 4.74 Å². The molecule has 1 heterocycles. The van der Waals surface area contributed by atoms with Gasteiger partial charge in [-0.15, -0.1) is 0 Å². The molecule has 2 unspecified atom stereocenters. The summed E-state index contributed by atoms with van der Waals surface area (Å²) < 4.78 is 5.90. The molecule has 0 amide bonds. The summed E-state index contributed by atoms with van der Waals surface area (Å²) in [4.78, 5) is 0. The third-order valence-electron chi connectivity index (χ3n) is 4.13. The quantitative estimate of drug-likeness (QED) is 0.775. The normalized spacial score (nSPS) is 20.8. The Bertz CT molecular complexity index is 346. The van der Waals surface area contributed by atoms with Crippen LogP contribution >= 0.6 is 0 Å². The molecule has 1 aromatic rings. The van der Waals surface area contributed by atoms with Crippen LogP contribution in [0.2, 0.25) is 0 Å². The Kier molecular flexibility index (Phi) is 7.10. The van der Waals surface area contributed by atoms with Crippen molar-refractivity contribution in [3.63, 3.8) is 0 Å². The van der Waals surface area contributed by atoms with Crippen molar-refractivity contribution in [2.75, 3.05) is 13.2 Å². The fraction of sp³-hybridized carbons (Fsp3) is 0.667. The molecule has 1 N–H and O–H groups in total. The lowest BCUT2D eigenvalue weighted by Crippen LogP contribution is -2.35. The molecule has 1 aliphatic heterocycles. The number of hydrogen-bond donors (Lipinski definition) is 1. The van der Waals surface area contributed by atoms with E-state index >= 15 is 0 Å². The highest BCUT2D eigenvalue weighted by molar-refractivity contribution is 5.14. The molecule has 0 spiro atoms. The zero-order valence-corrected chi connectivity index (χ0v) is 12.8. The second-order valence-corrected chi connectivity index (χ2v) is 5.90. The Morgan fingerprint density at radius 2 is 2.10 bits per heavy atom. The molecular weight excluding hydrogens is 246 g/mol. The summed E-state index contributed by atoms with van der Waals surface area (Å²) in [5.74, 6) is 0. The van der Waals surface area contributed by atoms with E-state index in [1.54, 1.807) is 0 Å². The summed E-state index contributed by atoms with van der Waals surface area (Å²) in [5, 5.41) is 3.71. The van der Waals surface area contributed by atoms with E-state index in [4.69, 9.17) is 4.74 Å². The van der Waals surface area contributed by atoms with E-state index in [0.29, 0.717) is 12.1 Å². The Balaban J connectivity index is 1.79. The van der Waals surface area contributed by atoms with Gasteiger partial charge in [-0.3, -0.25) is 0 Å². The van der Waals surface area contributed by atoms with Crippen LogP contribution in [0.4, 0.5) is 0 Å². The van der Waals surface area contributed by atoms with E-state index in [0.717, 1.165) is 19.6 Å². The van der Waals surface area contributed by atoms with Crippen LogP contribution in [0, 0.1) is 0 Å². The van der Waals surface area contributed by atoms with Crippen LogP contribution in [0.1, 0.15) is 51.0 Å². The van der Waals surface area contributed by atoms with Crippen LogP contribution in [0.5, 0.6) is 0 Å². The van der Waals surface area contributed by atoms with Gasteiger partial charge in [0.25, 0.3) is 0 Å². The standard InChI is InChI=1S/C18H29NO/c1-2-13-19-17(15-18-10-6-7-14-20-18)12-11-16-8-4-3-5-9-16/h3-5,8-9,17-19H,2,6-7,10-15H2,1H3. The minimum absolute atomic E-state index is 0.480. The van der Waals surface area contributed by atoms with E-state index in [1.165, 1.54) is 44.1 Å². The molecule has 2 nitrogen and oxygen atoms in total. The van der Waals surface area contributed by atoms with Gasteiger partial charge in [0.1, 0.15) is 0 Å². The largest absolute Gasteiger partial charge is 0.378 e. The molecular formula is C18H29NO. The highest BCUT2D eigenvalue weighted by Gasteiger charge is 2.19. The molecule has 2 atom stereocenters. The maximum absolute atomic E-state index is 5.90. The van der Waals surface area contributed by atoms with Crippen molar-refractivity contribution in [2.45, 2.75) is 64.0 Å². The van der Waals surface area contributed by atoms with Crippen molar-refractivity contribution in [1.82, 2.24) is 5.32 Å². The Morgan fingerprint density at radius 3 is 2.80 bits per heavy atom. The summed E-state index contributed by atoms with van der Waals surface area (Å²) in [6, 6.07) is 11.4. The molecule has 1 aliphatic rings. The second kappa shape index (κ2) is 9.15. The van der Waals surface area contributed by atoms with Crippen molar-refractivity contribution in [3.05, 3.63) is 35.9 Å². The monoisotopic (exact) mass is 275 g/mol. The predicted molar refractivity (Wildman–Crippen MR) is 85.1 cm³/mol. The lowest BCUT2D eigenvalue weighted by atomic mass is 9.97. The molecule has 0 aliphatic carbocycles. The molecule has 20 heavy (non-hydrogen) atoms. The molecule has 1 saturated heterocycles. The maximum atomic E-state index is 5.90. The zero-order chi connectivity index (χ0) is 14.0. The first-order valence-electron chi connectivity index (χ1n) is 8.27. The SMILES string of the molecule is CCCNC(CCc1ccccc1)CC1CCCCO1. The smallest absolute Gasteiger partial charge is 0.0590 e. The van der Waals surface area contributed by atoms with Gasteiger partial charge in [0.05, 0.1) is 6.10 Å². The molecule has 0 bridgehead atoms. The predicted octanol–water partition coefficient (Wildman–Crippen LogP) is 3.95. The average Bonchev–Trinajstić information content (AvgIpc) is 2.52. The van der Waals surface area contributed by atoms with Crippen LogP contribution < -0.4 is 5.32 Å². The molecule has 2 rings (SSSR count). The Hall–Kier alpha value is -0.860. The first kappa shape index (κ1) is 15.5. The zero-order valence-electron chi connectivity index (χ0n) is 12.8. The number of benzene rings is 1. The van der Waals surface area contributed by atoms with E-state index in [9.17, 15) is 0 Å². The molecule has 112 valence electrons. The van der Waals surface area contributed by atoms with E-state index in [2.05, 4.69) is 42.6 Å². The summed E-state index contributed by atoms with van der Waals surface area (Å²) >= 11 is 0. The fourth-order valence-corrected chi connectivity index (χ4v) is 2.95. The summed E-state index contributed by atoms with van der Waals surface area (Å²) in [6.07, 6.45) is 9.06. The Labute approximate surface area is 123 Å². The van der Waals surface area contributed by atoms with Gasteiger partial charge in [0.2, 0.25) is 0 Å². The molecule has 2 heteroatoms. The topological polar surface area (TPSA) is 21.3 Å². The van der Waals surface area contributed by atoms with Crippen LogP contribution in [0.25, 0.3) is 0 Å². The van der Waals surface area contributed by atoms with E-state index in [-0.39, 0.29) is 0 Å².